The monoisotopic (exact) mass is 464 g/mol. The van der Waals surface area contributed by atoms with E-state index in [1.54, 1.807) is 14.2 Å². The molecule has 180 valence electrons. The fourth-order valence-electron chi connectivity index (χ4n) is 4.94. The number of anilines is 1. The van der Waals surface area contributed by atoms with E-state index in [-0.39, 0.29) is 11.8 Å². The molecule has 2 aliphatic heterocycles. The topological polar surface area (TPSA) is 71.3 Å². The Balaban J connectivity index is 1.12. The smallest absolute Gasteiger partial charge is 0.298 e. The molecule has 2 saturated heterocycles. The van der Waals surface area contributed by atoms with Crippen LogP contribution in [0.4, 0.5) is 6.01 Å². The summed E-state index contributed by atoms with van der Waals surface area (Å²) in [5.41, 5.74) is 2.79. The zero-order valence-electron chi connectivity index (χ0n) is 19.9. The van der Waals surface area contributed by atoms with Gasteiger partial charge in [-0.2, -0.15) is 4.98 Å². The first-order valence-electron chi connectivity index (χ1n) is 12.0. The molecule has 2 aromatic carbocycles. The van der Waals surface area contributed by atoms with Crippen LogP contribution in [-0.2, 0) is 11.3 Å². The van der Waals surface area contributed by atoms with Gasteiger partial charge in [-0.25, -0.2) is 0 Å². The van der Waals surface area contributed by atoms with Gasteiger partial charge in [-0.1, -0.05) is 12.1 Å². The number of hydrogen-bond acceptors (Lipinski definition) is 7. The number of piperidine rings is 1. The van der Waals surface area contributed by atoms with E-state index < -0.39 is 0 Å². The van der Waals surface area contributed by atoms with Gasteiger partial charge in [0.1, 0.15) is 17.0 Å². The second kappa shape index (κ2) is 9.93. The Hall–Kier alpha value is -3.26. The fourth-order valence-corrected chi connectivity index (χ4v) is 4.94. The lowest BCUT2D eigenvalue weighted by molar-refractivity contribution is -0.138. The first-order valence-corrected chi connectivity index (χ1v) is 12.0. The number of aromatic nitrogens is 1. The van der Waals surface area contributed by atoms with Crippen LogP contribution in [0, 0.1) is 5.92 Å². The Bertz CT molecular complexity index is 1100. The van der Waals surface area contributed by atoms with Gasteiger partial charge in [0.25, 0.3) is 6.01 Å². The summed E-state index contributed by atoms with van der Waals surface area (Å²) in [5.74, 6) is 2.06. The van der Waals surface area contributed by atoms with Crippen molar-refractivity contribution in [3.63, 3.8) is 0 Å². The molecule has 0 bridgehead atoms. The van der Waals surface area contributed by atoms with Gasteiger partial charge in [-0.3, -0.25) is 9.69 Å². The Kier molecular flexibility index (Phi) is 6.58. The number of rotatable bonds is 6. The molecule has 3 aromatic rings. The Labute approximate surface area is 200 Å². The molecule has 8 nitrogen and oxygen atoms in total. The molecule has 0 radical (unpaired) electrons. The minimum Gasteiger partial charge on any atom is -0.497 e. The third-order valence-corrected chi connectivity index (χ3v) is 6.96. The van der Waals surface area contributed by atoms with Gasteiger partial charge < -0.3 is 23.7 Å². The first kappa shape index (κ1) is 22.5. The maximum absolute atomic E-state index is 13.2. The van der Waals surface area contributed by atoms with Crippen LogP contribution in [0.1, 0.15) is 18.4 Å². The van der Waals surface area contributed by atoms with E-state index in [2.05, 4.69) is 14.8 Å². The molecule has 0 N–H and O–H groups in total. The van der Waals surface area contributed by atoms with Crippen LogP contribution in [0.3, 0.4) is 0 Å². The van der Waals surface area contributed by atoms with E-state index in [0.717, 1.165) is 86.8 Å². The summed E-state index contributed by atoms with van der Waals surface area (Å²) in [4.78, 5) is 24.4. The molecule has 1 amide bonds. The van der Waals surface area contributed by atoms with Crippen LogP contribution in [0.15, 0.2) is 46.9 Å². The normalized spacial score (nSPS) is 17.8. The van der Waals surface area contributed by atoms with Crippen LogP contribution in [0.25, 0.3) is 11.1 Å². The lowest BCUT2D eigenvalue weighted by atomic mass is 9.95. The highest BCUT2D eigenvalue weighted by atomic mass is 16.5. The molecule has 34 heavy (non-hydrogen) atoms. The summed E-state index contributed by atoms with van der Waals surface area (Å²) in [5, 5.41) is 0. The van der Waals surface area contributed by atoms with Crippen LogP contribution < -0.4 is 14.4 Å². The van der Waals surface area contributed by atoms with Crippen LogP contribution >= 0.6 is 0 Å². The third-order valence-electron chi connectivity index (χ3n) is 6.96. The molecular weight excluding hydrogens is 432 g/mol. The summed E-state index contributed by atoms with van der Waals surface area (Å²) in [6, 6.07) is 14.4. The highest BCUT2D eigenvalue weighted by Crippen LogP contribution is 2.28. The van der Waals surface area contributed by atoms with E-state index in [4.69, 9.17) is 13.9 Å². The standard InChI is InChI=1S/C26H32N4O4/c1-32-21-7-8-23(33-2)20(17-21)18-28-13-15-29(16-14-28)25(31)19-9-11-30(12-10-19)26-27-22-5-3-4-6-24(22)34-26/h3-8,17,19H,9-16,18H2,1-2H3. The predicted octanol–water partition coefficient (Wildman–Crippen LogP) is 3.41. The number of oxazole rings is 1. The summed E-state index contributed by atoms with van der Waals surface area (Å²) < 4.78 is 16.8. The quantitative estimate of drug-likeness (QED) is 0.554. The number of piperazine rings is 1. The zero-order chi connectivity index (χ0) is 23.5. The first-order chi connectivity index (χ1) is 16.6. The number of nitrogens with zero attached hydrogens (tertiary/aromatic N) is 4. The summed E-state index contributed by atoms with van der Waals surface area (Å²) in [6.45, 7) is 5.59. The number of ether oxygens (including phenoxy) is 2. The molecule has 2 aliphatic rings. The lowest BCUT2D eigenvalue weighted by Crippen LogP contribution is -2.51. The number of carbonyl (C=O) groups is 1. The van der Waals surface area contributed by atoms with Crippen LogP contribution in [0.2, 0.25) is 0 Å². The molecule has 1 aromatic heterocycles. The van der Waals surface area contributed by atoms with E-state index >= 15 is 0 Å². The van der Waals surface area contributed by atoms with Crippen molar-refractivity contribution in [2.75, 3.05) is 58.4 Å². The minimum absolute atomic E-state index is 0.0747. The molecule has 5 rings (SSSR count). The highest BCUT2D eigenvalue weighted by molar-refractivity contribution is 5.79. The fraction of sp³-hybridized carbons (Fsp3) is 0.462. The SMILES string of the molecule is COc1ccc(OC)c(CN2CCN(C(=O)C3CCN(c4nc5ccccc5o4)CC3)CC2)c1. The molecule has 0 unspecified atom stereocenters. The van der Waals surface area contributed by atoms with Crippen molar-refractivity contribution < 1.29 is 18.7 Å². The largest absolute Gasteiger partial charge is 0.497 e. The molecule has 0 atom stereocenters. The van der Waals surface area contributed by atoms with Gasteiger partial charge in [0, 0.05) is 57.3 Å². The van der Waals surface area contributed by atoms with Crippen molar-refractivity contribution in [1.82, 2.24) is 14.8 Å². The molecule has 3 heterocycles. The van der Waals surface area contributed by atoms with Crippen molar-refractivity contribution in [2.24, 2.45) is 5.92 Å². The number of methoxy groups -OCH3 is 2. The highest BCUT2D eigenvalue weighted by Gasteiger charge is 2.31. The maximum Gasteiger partial charge on any atom is 0.298 e. The number of para-hydroxylation sites is 2. The zero-order valence-corrected chi connectivity index (χ0v) is 19.9. The molecule has 0 aliphatic carbocycles. The Morgan fingerprint density at radius 1 is 1.00 bits per heavy atom. The summed E-state index contributed by atoms with van der Waals surface area (Å²) in [6.07, 6.45) is 1.66. The minimum atomic E-state index is 0.0747. The van der Waals surface area contributed by atoms with E-state index in [1.807, 2.05) is 47.4 Å². The van der Waals surface area contributed by atoms with Gasteiger partial charge in [-0.15, -0.1) is 0 Å². The Morgan fingerprint density at radius 3 is 2.47 bits per heavy atom. The number of benzene rings is 2. The molecule has 8 heteroatoms. The average molecular weight is 465 g/mol. The Morgan fingerprint density at radius 2 is 1.76 bits per heavy atom. The van der Waals surface area contributed by atoms with Crippen molar-refractivity contribution in [3.05, 3.63) is 48.0 Å². The van der Waals surface area contributed by atoms with Crippen molar-refractivity contribution in [2.45, 2.75) is 19.4 Å². The van der Waals surface area contributed by atoms with Crippen LogP contribution in [0.5, 0.6) is 11.5 Å². The summed E-state index contributed by atoms with van der Waals surface area (Å²) in [7, 11) is 3.37. The third kappa shape index (κ3) is 4.68. The predicted molar refractivity (Wildman–Crippen MR) is 130 cm³/mol. The van der Waals surface area contributed by atoms with E-state index in [9.17, 15) is 4.79 Å². The van der Waals surface area contributed by atoms with Gasteiger partial charge in [0.2, 0.25) is 5.91 Å². The number of fused-ring (bicyclic) bond motifs is 1. The number of carbonyl (C=O) groups excluding carboxylic acids is 1. The van der Waals surface area contributed by atoms with E-state index in [0.29, 0.717) is 6.01 Å². The second-order valence-electron chi connectivity index (χ2n) is 9.00. The molecule has 0 spiro atoms. The molecular formula is C26H32N4O4. The molecule has 0 saturated carbocycles. The van der Waals surface area contributed by atoms with E-state index in [1.165, 1.54) is 0 Å². The summed E-state index contributed by atoms with van der Waals surface area (Å²) >= 11 is 0. The number of amides is 1. The maximum atomic E-state index is 13.2. The molecule has 2 fully saturated rings. The van der Waals surface area contributed by atoms with Gasteiger partial charge in [-0.05, 0) is 43.2 Å². The average Bonchev–Trinajstić information content (AvgIpc) is 3.33. The van der Waals surface area contributed by atoms with Crippen LogP contribution in [-0.4, -0.2) is 74.2 Å². The van der Waals surface area contributed by atoms with Gasteiger partial charge in [0.15, 0.2) is 5.58 Å². The van der Waals surface area contributed by atoms with Crippen molar-refractivity contribution in [3.8, 4) is 11.5 Å². The second-order valence-corrected chi connectivity index (χ2v) is 9.00. The van der Waals surface area contributed by atoms with Gasteiger partial charge >= 0.3 is 0 Å². The lowest BCUT2D eigenvalue weighted by Gasteiger charge is -2.38. The van der Waals surface area contributed by atoms with Crippen molar-refractivity contribution in [1.29, 1.82) is 0 Å². The van der Waals surface area contributed by atoms with Gasteiger partial charge in [0.05, 0.1) is 14.2 Å². The van der Waals surface area contributed by atoms with Crippen molar-refractivity contribution >= 4 is 23.0 Å². The number of hydrogen-bond donors (Lipinski definition) is 0.